The van der Waals surface area contributed by atoms with Crippen molar-refractivity contribution in [2.75, 3.05) is 11.9 Å². The van der Waals surface area contributed by atoms with Gasteiger partial charge in [-0.1, -0.05) is 12.1 Å². The van der Waals surface area contributed by atoms with Crippen LogP contribution in [-0.2, 0) is 6.54 Å². The van der Waals surface area contributed by atoms with Crippen LogP contribution in [-0.4, -0.2) is 23.1 Å². The van der Waals surface area contributed by atoms with Crippen molar-refractivity contribution >= 4 is 11.6 Å². The summed E-state index contributed by atoms with van der Waals surface area (Å²) in [6.45, 7) is 6.40. The average molecular weight is 286 g/mol. The van der Waals surface area contributed by atoms with Gasteiger partial charge in [-0.25, -0.2) is 4.98 Å². The molecule has 0 unspecified atom stereocenters. The first kappa shape index (κ1) is 15.3. The largest absolute Gasteiger partial charge is 0.475 e. The maximum Gasteiger partial charge on any atom is 0.233 e. The molecule has 1 heterocycles. The third kappa shape index (κ3) is 3.92. The summed E-state index contributed by atoms with van der Waals surface area (Å²) >= 11 is 0. The monoisotopic (exact) mass is 286 g/mol. The van der Waals surface area contributed by atoms with Gasteiger partial charge in [0.2, 0.25) is 11.8 Å². The fourth-order valence-corrected chi connectivity index (χ4v) is 1.98. The van der Waals surface area contributed by atoms with E-state index in [1.54, 1.807) is 0 Å². The number of nitrogens with two attached hydrogens (primary N) is 1. The van der Waals surface area contributed by atoms with E-state index in [2.05, 4.69) is 9.97 Å². The van der Waals surface area contributed by atoms with E-state index in [9.17, 15) is 0 Å². The minimum absolute atomic E-state index is 0.0815. The highest BCUT2D eigenvalue weighted by Crippen LogP contribution is 2.23. The van der Waals surface area contributed by atoms with Crippen molar-refractivity contribution in [2.24, 2.45) is 5.73 Å². The lowest BCUT2D eigenvalue weighted by molar-refractivity contribution is 0.232. The predicted molar refractivity (Wildman–Crippen MR) is 84.9 cm³/mol. The van der Waals surface area contributed by atoms with Crippen LogP contribution in [0.25, 0.3) is 0 Å². The molecular formula is C16H22N4O. The molecule has 21 heavy (non-hydrogen) atoms. The molecule has 0 atom stereocenters. The number of hydrogen-bond donors (Lipinski definition) is 1. The molecule has 0 saturated carbocycles. The number of rotatable bonds is 5. The number of benzene rings is 1. The maximum atomic E-state index is 5.69. The number of nitrogens with zero attached hydrogens (tertiary/aromatic N) is 3. The number of hydrogen-bond acceptors (Lipinski definition) is 5. The fourth-order valence-electron chi connectivity index (χ4n) is 1.98. The highest BCUT2D eigenvalue weighted by atomic mass is 16.5. The predicted octanol–water partition coefficient (Wildman–Crippen LogP) is 2.80. The van der Waals surface area contributed by atoms with E-state index in [-0.39, 0.29) is 6.10 Å². The Kier molecular flexibility index (Phi) is 4.75. The Balaban J connectivity index is 2.33. The quantitative estimate of drug-likeness (QED) is 0.915. The standard InChI is InChI=1S/C16H22N4O/c1-11(2)21-15-8-12(3)18-16(19-15)20(4)14-7-5-6-13(9-14)10-17/h5-9,11H,10,17H2,1-4H3. The van der Waals surface area contributed by atoms with E-state index in [0.29, 0.717) is 18.4 Å². The van der Waals surface area contributed by atoms with Gasteiger partial charge in [-0.3, -0.25) is 0 Å². The Labute approximate surface area is 125 Å². The van der Waals surface area contributed by atoms with Crippen LogP contribution in [0.1, 0.15) is 25.1 Å². The summed E-state index contributed by atoms with van der Waals surface area (Å²) in [5.74, 6) is 1.20. The van der Waals surface area contributed by atoms with Crippen LogP contribution in [0.15, 0.2) is 30.3 Å². The highest BCUT2D eigenvalue weighted by Gasteiger charge is 2.11. The molecule has 5 nitrogen and oxygen atoms in total. The van der Waals surface area contributed by atoms with E-state index in [4.69, 9.17) is 10.5 Å². The zero-order valence-corrected chi connectivity index (χ0v) is 13.0. The summed E-state index contributed by atoms with van der Waals surface area (Å²) < 4.78 is 5.67. The number of aryl methyl sites for hydroxylation is 1. The Morgan fingerprint density at radius 3 is 2.67 bits per heavy atom. The first-order valence-corrected chi connectivity index (χ1v) is 7.04. The lowest BCUT2D eigenvalue weighted by atomic mass is 10.2. The van der Waals surface area contributed by atoms with Crippen molar-refractivity contribution in [3.63, 3.8) is 0 Å². The second kappa shape index (κ2) is 6.54. The first-order chi connectivity index (χ1) is 9.99. The second-order valence-corrected chi connectivity index (χ2v) is 5.25. The molecule has 0 aliphatic carbocycles. The molecule has 0 bridgehead atoms. The normalized spacial score (nSPS) is 10.8. The summed E-state index contributed by atoms with van der Waals surface area (Å²) in [6.07, 6.45) is 0.0815. The van der Waals surface area contributed by atoms with Gasteiger partial charge in [0.05, 0.1) is 6.10 Å². The van der Waals surface area contributed by atoms with Gasteiger partial charge in [0, 0.05) is 31.0 Å². The fraction of sp³-hybridized carbons (Fsp3) is 0.375. The van der Waals surface area contributed by atoms with Crippen LogP contribution in [0.2, 0.25) is 0 Å². The molecule has 0 aliphatic heterocycles. The third-order valence-electron chi connectivity index (χ3n) is 3.01. The number of ether oxygens (including phenoxy) is 1. The summed E-state index contributed by atoms with van der Waals surface area (Å²) in [5.41, 5.74) is 8.64. The molecule has 0 radical (unpaired) electrons. The Morgan fingerprint density at radius 2 is 2.00 bits per heavy atom. The van der Waals surface area contributed by atoms with Gasteiger partial charge in [0.1, 0.15) is 0 Å². The van der Waals surface area contributed by atoms with Crippen molar-refractivity contribution in [3.05, 3.63) is 41.6 Å². The minimum Gasteiger partial charge on any atom is -0.475 e. The summed E-state index contributed by atoms with van der Waals surface area (Å²) in [6, 6.07) is 9.87. The van der Waals surface area contributed by atoms with E-state index in [0.717, 1.165) is 16.9 Å². The van der Waals surface area contributed by atoms with Gasteiger partial charge >= 0.3 is 0 Å². The molecule has 2 N–H and O–H groups in total. The van der Waals surface area contributed by atoms with Crippen molar-refractivity contribution in [1.29, 1.82) is 0 Å². The van der Waals surface area contributed by atoms with Crippen LogP contribution < -0.4 is 15.4 Å². The molecule has 0 spiro atoms. The van der Waals surface area contributed by atoms with Gasteiger partial charge in [-0.2, -0.15) is 4.98 Å². The number of anilines is 2. The molecule has 112 valence electrons. The van der Waals surface area contributed by atoms with Gasteiger partial charge in [0.15, 0.2) is 0 Å². The van der Waals surface area contributed by atoms with Crippen LogP contribution in [0.3, 0.4) is 0 Å². The van der Waals surface area contributed by atoms with Crippen LogP contribution in [0, 0.1) is 6.92 Å². The van der Waals surface area contributed by atoms with E-state index < -0.39 is 0 Å². The molecule has 0 aliphatic rings. The summed E-state index contributed by atoms with van der Waals surface area (Å²) in [7, 11) is 1.93. The van der Waals surface area contributed by atoms with E-state index >= 15 is 0 Å². The van der Waals surface area contributed by atoms with Gasteiger partial charge in [-0.15, -0.1) is 0 Å². The molecule has 1 aromatic heterocycles. The molecule has 2 rings (SSSR count). The summed E-state index contributed by atoms with van der Waals surface area (Å²) in [4.78, 5) is 10.9. The zero-order valence-electron chi connectivity index (χ0n) is 13.0. The Bertz CT molecular complexity index is 613. The molecule has 0 saturated heterocycles. The van der Waals surface area contributed by atoms with Gasteiger partial charge in [0.25, 0.3) is 0 Å². The lowest BCUT2D eigenvalue weighted by Gasteiger charge is -2.19. The minimum atomic E-state index is 0.0815. The van der Waals surface area contributed by atoms with Crippen molar-refractivity contribution in [3.8, 4) is 5.88 Å². The molecule has 0 fully saturated rings. The molecular weight excluding hydrogens is 264 g/mol. The third-order valence-corrected chi connectivity index (χ3v) is 3.01. The molecule has 1 aromatic carbocycles. The molecule has 2 aromatic rings. The highest BCUT2D eigenvalue weighted by molar-refractivity contribution is 5.57. The molecule has 5 heteroatoms. The van der Waals surface area contributed by atoms with E-state index in [1.807, 2.05) is 63.1 Å². The van der Waals surface area contributed by atoms with Gasteiger partial charge < -0.3 is 15.4 Å². The van der Waals surface area contributed by atoms with Crippen LogP contribution >= 0.6 is 0 Å². The van der Waals surface area contributed by atoms with E-state index in [1.165, 1.54) is 0 Å². The smallest absolute Gasteiger partial charge is 0.233 e. The first-order valence-electron chi connectivity index (χ1n) is 7.04. The summed E-state index contributed by atoms with van der Waals surface area (Å²) in [5, 5.41) is 0. The van der Waals surface area contributed by atoms with Crippen molar-refractivity contribution < 1.29 is 4.74 Å². The zero-order chi connectivity index (χ0) is 15.4. The van der Waals surface area contributed by atoms with Gasteiger partial charge in [-0.05, 0) is 38.5 Å². The van der Waals surface area contributed by atoms with Crippen molar-refractivity contribution in [1.82, 2.24) is 9.97 Å². The molecule has 0 amide bonds. The average Bonchev–Trinajstić information content (AvgIpc) is 2.45. The Morgan fingerprint density at radius 1 is 1.24 bits per heavy atom. The topological polar surface area (TPSA) is 64.3 Å². The lowest BCUT2D eigenvalue weighted by Crippen LogP contribution is -2.16. The second-order valence-electron chi connectivity index (χ2n) is 5.25. The van der Waals surface area contributed by atoms with Crippen LogP contribution in [0.4, 0.5) is 11.6 Å². The Hall–Kier alpha value is -2.14. The van der Waals surface area contributed by atoms with Crippen molar-refractivity contribution in [2.45, 2.75) is 33.4 Å². The maximum absolute atomic E-state index is 5.69. The van der Waals surface area contributed by atoms with Crippen LogP contribution in [0.5, 0.6) is 5.88 Å². The SMILES string of the molecule is Cc1cc(OC(C)C)nc(N(C)c2cccc(CN)c2)n1. The number of aromatic nitrogens is 2.